The van der Waals surface area contributed by atoms with Crippen molar-refractivity contribution in [2.24, 2.45) is 39.9 Å². The average Bonchev–Trinajstić information content (AvgIpc) is 2.74. The van der Waals surface area contributed by atoms with Crippen LogP contribution < -0.4 is 0 Å². The van der Waals surface area contributed by atoms with Crippen molar-refractivity contribution in [1.82, 2.24) is 9.80 Å². The van der Waals surface area contributed by atoms with E-state index < -0.39 is 81.3 Å². The van der Waals surface area contributed by atoms with E-state index in [-0.39, 0.29) is 0 Å². The average molecular weight is 541 g/mol. The molecular formula is C28H48N2O8. The molecule has 2 fully saturated rings. The second-order valence-corrected chi connectivity index (χ2v) is 13.7. The molecule has 0 amide bonds. The molecule has 0 aromatic heterocycles. The van der Waals surface area contributed by atoms with Gasteiger partial charge in [0.25, 0.3) is 0 Å². The Balaban J connectivity index is 3.10. The monoisotopic (exact) mass is 540 g/mol. The highest BCUT2D eigenvalue weighted by Gasteiger charge is 2.71. The molecule has 0 spiro atoms. The van der Waals surface area contributed by atoms with Gasteiger partial charge in [-0.3, -0.25) is 19.2 Å². The van der Waals surface area contributed by atoms with Gasteiger partial charge < -0.3 is 30.2 Å². The van der Waals surface area contributed by atoms with Crippen molar-refractivity contribution in [3.63, 3.8) is 0 Å². The fourth-order valence-electron chi connectivity index (χ4n) is 7.79. The van der Waals surface area contributed by atoms with E-state index in [0.29, 0.717) is 25.9 Å². The standard InChI is InChI=1S/C28H48N2O8/c1-24(2)17(11-13-29(9)26(24,5)6)28(23(37)38,18-12-14-30(10)27(7,8)25(18,3)4)20(22(35)36)16(21(33)34)15-19(31)32/h16-18,20H,11-15H2,1-10H3,(H,31,32)(H,33,34)(H,35,36)(H,37,38). The molecule has 2 aliphatic heterocycles. The first-order valence-corrected chi connectivity index (χ1v) is 13.4. The zero-order valence-electron chi connectivity index (χ0n) is 24.7. The molecule has 10 nitrogen and oxygen atoms in total. The summed E-state index contributed by atoms with van der Waals surface area (Å²) in [5.41, 5.74) is -4.73. The number of hydrogen-bond acceptors (Lipinski definition) is 6. The van der Waals surface area contributed by atoms with Gasteiger partial charge in [-0.2, -0.15) is 0 Å². The molecule has 218 valence electrons. The molecular weight excluding hydrogens is 492 g/mol. The van der Waals surface area contributed by atoms with Gasteiger partial charge in [-0.15, -0.1) is 0 Å². The van der Waals surface area contributed by atoms with Gasteiger partial charge in [-0.1, -0.05) is 27.7 Å². The Hall–Kier alpha value is -2.20. The summed E-state index contributed by atoms with van der Waals surface area (Å²) >= 11 is 0. The maximum absolute atomic E-state index is 13.9. The van der Waals surface area contributed by atoms with Crippen molar-refractivity contribution in [2.45, 2.75) is 85.7 Å². The number of piperidine rings is 2. The molecule has 0 saturated carbocycles. The molecule has 0 aromatic rings. The Bertz CT molecular complexity index is 928. The summed E-state index contributed by atoms with van der Waals surface area (Å²) in [6.07, 6.45) is -0.301. The Labute approximate surface area is 226 Å². The largest absolute Gasteiger partial charge is 0.481 e. The van der Waals surface area contributed by atoms with Crippen LogP contribution in [0.3, 0.4) is 0 Å². The number of carboxylic acid groups (broad SMARTS) is 4. The van der Waals surface area contributed by atoms with Crippen LogP contribution >= 0.6 is 0 Å². The molecule has 2 rings (SSSR count). The van der Waals surface area contributed by atoms with Gasteiger partial charge in [0, 0.05) is 11.1 Å². The normalized spacial score (nSPS) is 29.9. The van der Waals surface area contributed by atoms with E-state index in [1.54, 1.807) is 0 Å². The van der Waals surface area contributed by atoms with E-state index in [1.165, 1.54) is 0 Å². The van der Waals surface area contributed by atoms with E-state index in [4.69, 9.17) is 0 Å². The highest BCUT2D eigenvalue weighted by Crippen LogP contribution is 2.66. The van der Waals surface area contributed by atoms with E-state index in [9.17, 15) is 39.6 Å². The summed E-state index contributed by atoms with van der Waals surface area (Å²) in [5.74, 6) is -11.4. The fraction of sp³-hybridized carbons (Fsp3) is 0.857. The van der Waals surface area contributed by atoms with Gasteiger partial charge >= 0.3 is 23.9 Å². The van der Waals surface area contributed by atoms with Gasteiger partial charge in [-0.05, 0) is 90.4 Å². The second kappa shape index (κ2) is 10.1. The molecule has 4 atom stereocenters. The molecule has 4 N–H and O–H groups in total. The summed E-state index contributed by atoms with van der Waals surface area (Å²) in [6, 6.07) is 0. The van der Waals surface area contributed by atoms with Crippen LogP contribution in [0.4, 0.5) is 0 Å². The Morgan fingerprint density at radius 1 is 0.737 bits per heavy atom. The Kier molecular flexibility index (Phi) is 8.49. The summed E-state index contributed by atoms with van der Waals surface area (Å²) in [5, 5.41) is 41.8. The van der Waals surface area contributed by atoms with Crippen LogP contribution in [0.25, 0.3) is 0 Å². The van der Waals surface area contributed by atoms with Gasteiger partial charge in [0.15, 0.2) is 0 Å². The van der Waals surface area contributed by atoms with Gasteiger partial charge in [0.1, 0.15) is 0 Å². The lowest BCUT2D eigenvalue weighted by Gasteiger charge is -2.67. The summed E-state index contributed by atoms with van der Waals surface area (Å²) in [7, 11) is 3.89. The lowest BCUT2D eigenvalue weighted by atomic mass is 9.40. The van der Waals surface area contributed by atoms with Gasteiger partial charge in [0.2, 0.25) is 0 Å². The minimum absolute atomic E-state index is 0.339. The lowest BCUT2D eigenvalue weighted by Crippen LogP contribution is -2.72. The summed E-state index contributed by atoms with van der Waals surface area (Å²) < 4.78 is 0. The SMILES string of the molecule is CN1CCC(C(C(=O)O)(C(C(=O)O)C(CC(=O)O)C(=O)O)C2CCN(C)C(C)(C)C2(C)C)C(C)(C)C1(C)C. The van der Waals surface area contributed by atoms with E-state index in [2.05, 4.69) is 9.80 Å². The summed E-state index contributed by atoms with van der Waals surface area (Å²) in [4.78, 5) is 55.7. The number of hydrogen-bond donors (Lipinski definition) is 4. The number of likely N-dealkylation sites (tertiary alicyclic amines) is 2. The predicted molar refractivity (Wildman–Crippen MR) is 142 cm³/mol. The van der Waals surface area contributed by atoms with Crippen molar-refractivity contribution in [3.8, 4) is 0 Å². The molecule has 4 unspecified atom stereocenters. The maximum atomic E-state index is 13.9. The lowest BCUT2D eigenvalue weighted by molar-refractivity contribution is -0.224. The number of aliphatic carboxylic acids is 4. The molecule has 2 saturated heterocycles. The molecule has 0 bridgehead atoms. The van der Waals surface area contributed by atoms with Crippen molar-refractivity contribution >= 4 is 23.9 Å². The molecule has 0 aromatic carbocycles. The first-order valence-electron chi connectivity index (χ1n) is 13.4. The third kappa shape index (κ3) is 4.51. The maximum Gasteiger partial charge on any atom is 0.311 e. The van der Waals surface area contributed by atoms with Crippen molar-refractivity contribution in [1.29, 1.82) is 0 Å². The van der Waals surface area contributed by atoms with Crippen LogP contribution in [-0.2, 0) is 19.2 Å². The Morgan fingerprint density at radius 2 is 1.11 bits per heavy atom. The number of carbonyl (C=O) groups is 4. The zero-order chi connectivity index (χ0) is 29.8. The fourth-order valence-corrected chi connectivity index (χ4v) is 7.79. The van der Waals surface area contributed by atoms with E-state index >= 15 is 0 Å². The van der Waals surface area contributed by atoms with Crippen LogP contribution in [-0.4, -0.2) is 92.4 Å². The molecule has 10 heteroatoms. The third-order valence-electron chi connectivity index (χ3n) is 11.7. The second-order valence-electron chi connectivity index (χ2n) is 13.7. The molecule has 2 heterocycles. The van der Waals surface area contributed by atoms with E-state index in [1.807, 2.05) is 69.5 Å². The third-order valence-corrected chi connectivity index (χ3v) is 11.7. The first-order chi connectivity index (χ1) is 17.0. The van der Waals surface area contributed by atoms with Crippen LogP contribution in [0.1, 0.15) is 74.7 Å². The number of rotatable bonds is 9. The minimum atomic E-state index is -2.06. The van der Waals surface area contributed by atoms with Crippen LogP contribution in [0.2, 0.25) is 0 Å². The van der Waals surface area contributed by atoms with Crippen molar-refractivity contribution in [2.75, 3.05) is 27.2 Å². The van der Waals surface area contributed by atoms with Gasteiger partial charge in [-0.25, -0.2) is 0 Å². The Morgan fingerprint density at radius 3 is 1.37 bits per heavy atom. The van der Waals surface area contributed by atoms with Gasteiger partial charge in [0.05, 0.1) is 23.7 Å². The quantitative estimate of drug-likeness (QED) is 0.342. The predicted octanol–water partition coefficient (Wildman–Crippen LogP) is 3.45. The van der Waals surface area contributed by atoms with Crippen LogP contribution in [0, 0.1) is 39.9 Å². The smallest absolute Gasteiger partial charge is 0.311 e. The molecule has 0 radical (unpaired) electrons. The van der Waals surface area contributed by atoms with Crippen LogP contribution in [0.5, 0.6) is 0 Å². The molecule has 38 heavy (non-hydrogen) atoms. The zero-order valence-corrected chi connectivity index (χ0v) is 24.7. The number of nitrogens with zero attached hydrogens (tertiary/aromatic N) is 2. The van der Waals surface area contributed by atoms with Crippen molar-refractivity contribution in [3.05, 3.63) is 0 Å². The molecule has 0 aliphatic carbocycles. The molecule has 2 aliphatic rings. The van der Waals surface area contributed by atoms with Crippen molar-refractivity contribution < 1.29 is 39.6 Å². The summed E-state index contributed by atoms with van der Waals surface area (Å²) in [6.45, 7) is 16.7. The minimum Gasteiger partial charge on any atom is -0.481 e. The topological polar surface area (TPSA) is 156 Å². The highest BCUT2D eigenvalue weighted by atomic mass is 16.4. The number of carboxylic acids is 4. The highest BCUT2D eigenvalue weighted by molar-refractivity contribution is 5.90. The van der Waals surface area contributed by atoms with Crippen LogP contribution in [0.15, 0.2) is 0 Å². The first kappa shape index (κ1) is 32.0. The van der Waals surface area contributed by atoms with E-state index in [0.717, 1.165) is 0 Å².